The summed E-state index contributed by atoms with van der Waals surface area (Å²) in [5.41, 5.74) is 2.31. The Kier molecular flexibility index (Phi) is 4.46. The molecule has 27 heavy (non-hydrogen) atoms. The highest BCUT2D eigenvalue weighted by Crippen LogP contribution is 2.24. The SMILES string of the molecule is CC1=CCN(C(=O)C(=O)c2cn(Cc3ccc(Cl)cc3)c3ccccc23)O1. The number of ketones is 1. The van der Waals surface area contributed by atoms with E-state index in [-0.39, 0.29) is 6.54 Å². The van der Waals surface area contributed by atoms with Crippen LogP contribution >= 0.6 is 11.6 Å². The molecule has 0 aliphatic carbocycles. The molecule has 0 bridgehead atoms. The average Bonchev–Trinajstić information content (AvgIpc) is 3.27. The lowest BCUT2D eigenvalue weighted by Gasteiger charge is -2.14. The van der Waals surface area contributed by atoms with Crippen molar-refractivity contribution >= 4 is 34.2 Å². The summed E-state index contributed by atoms with van der Waals surface area (Å²) in [7, 11) is 0. The van der Waals surface area contributed by atoms with Gasteiger partial charge in [0.25, 0.3) is 5.78 Å². The van der Waals surface area contributed by atoms with Crippen molar-refractivity contribution in [1.82, 2.24) is 9.63 Å². The maximum absolute atomic E-state index is 12.8. The van der Waals surface area contributed by atoms with Gasteiger partial charge >= 0.3 is 5.91 Å². The zero-order valence-electron chi connectivity index (χ0n) is 14.7. The van der Waals surface area contributed by atoms with Gasteiger partial charge in [-0.05, 0) is 36.8 Å². The summed E-state index contributed by atoms with van der Waals surface area (Å²) in [6, 6.07) is 15.1. The van der Waals surface area contributed by atoms with Crippen molar-refractivity contribution in [3.63, 3.8) is 0 Å². The Morgan fingerprint density at radius 3 is 2.56 bits per heavy atom. The molecule has 1 amide bonds. The molecule has 136 valence electrons. The Hall–Kier alpha value is -3.05. The van der Waals surface area contributed by atoms with E-state index < -0.39 is 11.7 Å². The summed E-state index contributed by atoms with van der Waals surface area (Å²) in [5, 5.41) is 2.50. The molecule has 1 aromatic heterocycles. The quantitative estimate of drug-likeness (QED) is 0.503. The number of carbonyl (C=O) groups excluding carboxylic acids is 2. The fourth-order valence-corrected chi connectivity index (χ4v) is 3.28. The van der Waals surface area contributed by atoms with Crippen LogP contribution in [0.2, 0.25) is 5.02 Å². The Labute approximate surface area is 161 Å². The lowest BCUT2D eigenvalue weighted by molar-refractivity contribution is -0.158. The van der Waals surface area contributed by atoms with Crippen LogP contribution in [0.1, 0.15) is 22.8 Å². The number of amides is 1. The highest BCUT2D eigenvalue weighted by atomic mass is 35.5. The number of hydrogen-bond acceptors (Lipinski definition) is 3. The standard InChI is InChI=1S/C21H17ClN2O3/c1-14-10-11-24(27-14)21(26)20(25)18-13-23(19-5-3-2-4-17(18)19)12-15-6-8-16(22)9-7-15/h2-10,13H,11-12H2,1H3. The molecule has 1 aliphatic rings. The lowest BCUT2D eigenvalue weighted by atomic mass is 10.1. The topological polar surface area (TPSA) is 51.5 Å². The van der Waals surface area contributed by atoms with Gasteiger partial charge in [0, 0.05) is 28.7 Å². The van der Waals surface area contributed by atoms with Crippen LogP contribution in [0.3, 0.4) is 0 Å². The third kappa shape index (κ3) is 3.34. The molecule has 0 atom stereocenters. The van der Waals surface area contributed by atoms with Gasteiger partial charge in [0.1, 0.15) is 5.76 Å². The van der Waals surface area contributed by atoms with Crippen molar-refractivity contribution in [2.24, 2.45) is 0 Å². The number of allylic oxidation sites excluding steroid dienone is 1. The Morgan fingerprint density at radius 2 is 1.85 bits per heavy atom. The van der Waals surface area contributed by atoms with E-state index in [1.807, 2.05) is 53.1 Å². The van der Waals surface area contributed by atoms with Crippen LogP contribution in [0.15, 0.2) is 66.6 Å². The smallest absolute Gasteiger partial charge is 0.327 e. The second kappa shape index (κ2) is 6.93. The van der Waals surface area contributed by atoms with Crippen LogP contribution in [-0.4, -0.2) is 27.9 Å². The van der Waals surface area contributed by atoms with Gasteiger partial charge in [0.2, 0.25) is 0 Å². The summed E-state index contributed by atoms with van der Waals surface area (Å²) in [5.74, 6) is -0.636. The van der Waals surface area contributed by atoms with Crippen molar-refractivity contribution in [1.29, 1.82) is 0 Å². The number of fused-ring (bicyclic) bond motifs is 1. The number of hydrogen-bond donors (Lipinski definition) is 0. The number of halogens is 1. The maximum atomic E-state index is 12.8. The van der Waals surface area contributed by atoms with Crippen LogP contribution in [0, 0.1) is 0 Å². The Bertz CT molecular complexity index is 1070. The normalized spacial score (nSPS) is 13.6. The number of hydroxylamine groups is 2. The van der Waals surface area contributed by atoms with E-state index in [4.69, 9.17) is 16.4 Å². The van der Waals surface area contributed by atoms with Gasteiger partial charge in [-0.1, -0.05) is 41.9 Å². The molecule has 0 radical (unpaired) electrons. The first-order valence-corrected chi connectivity index (χ1v) is 8.94. The van der Waals surface area contributed by atoms with Crippen LogP contribution < -0.4 is 0 Å². The molecule has 0 spiro atoms. The molecule has 5 nitrogen and oxygen atoms in total. The minimum absolute atomic E-state index is 0.278. The molecular weight excluding hydrogens is 364 g/mol. The molecule has 6 heteroatoms. The molecule has 0 fully saturated rings. The second-order valence-corrected chi connectivity index (χ2v) is 6.85. The van der Waals surface area contributed by atoms with Gasteiger partial charge in [-0.25, -0.2) is 0 Å². The Morgan fingerprint density at radius 1 is 1.11 bits per heavy atom. The molecule has 0 saturated carbocycles. The van der Waals surface area contributed by atoms with Crippen molar-refractivity contribution < 1.29 is 14.4 Å². The number of rotatable bonds is 4. The van der Waals surface area contributed by atoms with Gasteiger partial charge in [-0.3, -0.25) is 9.59 Å². The summed E-state index contributed by atoms with van der Waals surface area (Å²) >= 11 is 5.95. The van der Waals surface area contributed by atoms with Crippen LogP contribution in [0.5, 0.6) is 0 Å². The number of Topliss-reactive ketones (excluding diaryl/α,β-unsaturated/α-hetero) is 1. The molecule has 0 N–H and O–H groups in total. The second-order valence-electron chi connectivity index (χ2n) is 6.42. The summed E-state index contributed by atoms with van der Waals surface area (Å²) < 4.78 is 1.97. The van der Waals surface area contributed by atoms with E-state index in [1.54, 1.807) is 19.2 Å². The fourth-order valence-electron chi connectivity index (χ4n) is 3.16. The first-order chi connectivity index (χ1) is 13.0. The zero-order valence-corrected chi connectivity index (χ0v) is 15.4. The van der Waals surface area contributed by atoms with Crippen LogP contribution in [-0.2, 0) is 16.2 Å². The van der Waals surface area contributed by atoms with E-state index in [1.165, 1.54) is 0 Å². The van der Waals surface area contributed by atoms with Crippen molar-refractivity contribution in [2.75, 3.05) is 6.54 Å². The third-order valence-corrected chi connectivity index (χ3v) is 4.77. The maximum Gasteiger partial charge on any atom is 0.327 e. The van der Waals surface area contributed by atoms with Crippen molar-refractivity contribution in [2.45, 2.75) is 13.5 Å². The molecule has 0 saturated heterocycles. The number of carbonyl (C=O) groups is 2. The van der Waals surface area contributed by atoms with E-state index in [2.05, 4.69) is 0 Å². The zero-order chi connectivity index (χ0) is 19.0. The van der Waals surface area contributed by atoms with E-state index in [9.17, 15) is 9.59 Å². The molecule has 3 aromatic rings. The van der Waals surface area contributed by atoms with E-state index in [0.29, 0.717) is 22.9 Å². The van der Waals surface area contributed by atoms with Gasteiger partial charge in [0.15, 0.2) is 0 Å². The van der Waals surface area contributed by atoms with Crippen molar-refractivity contribution in [3.05, 3.63) is 82.7 Å². The van der Waals surface area contributed by atoms with Crippen molar-refractivity contribution in [3.8, 4) is 0 Å². The van der Waals surface area contributed by atoms with Gasteiger partial charge in [-0.2, -0.15) is 5.06 Å². The van der Waals surface area contributed by atoms with Gasteiger partial charge in [0.05, 0.1) is 12.1 Å². The highest BCUT2D eigenvalue weighted by Gasteiger charge is 2.29. The number of benzene rings is 2. The summed E-state index contributed by atoms with van der Waals surface area (Å²) in [6.45, 7) is 2.59. The minimum Gasteiger partial charge on any atom is -0.381 e. The number of aromatic nitrogens is 1. The van der Waals surface area contributed by atoms with Crippen LogP contribution in [0.4, 0.5) is 0 Å². The van der Waals surface area contributed by atoms with Crippen LogP contribution in [0.25, 0.3) is 10.9 Å². The Balaban J connectivity index is 1.68. The predicted molar refractivity (Wildman–Crippen MR) is 103 cm³/mol. The minimum atomic E-state index is -0.669. The highest BCUT2D eigenvalue weighted by molar-refractivity contribution is 6.44. The molecular formula is C21H17ClN2O3. The molecule has 2 aromatic carbocycles. The van der Waals surface area contributed by atoms with E-state index >= 15 is 0 Å². The first-order valence-electron chi connectivity index (χ1n) is 8.56. The van der Waals surface area contributed by atoms with Gasteiger partial charge in [-0.15, -0.1) is 0 Å². The number of nitrogens with zero attached hydrogens (tertiary/aromatic N) is 2. The number of para-hydroxylation sites is 1. The summed E-state index contributed by atoms with van der Waals surface area (Å²) in [6.07, 6.45) is 3.49. The third-order valence-electron chi connectivity index (χ3n) is 4.52. The largest absolute Gasteiger partial charge is 0.381 e. The average molecular weight is 381 g/mol. The van der Waals surface area contributed by atoms with Gasteiger partial charge < -0.3 is 9.40 Å². The lowest BCUT2D eigenvalue weighted by Crippen LogP contribution is -2.33. The molecule has 4 rings (SSSR count). The predicted octanol–water partition coefficient (Wildman–Crippen LogP) is 4.20. The monoisotopic (exact) mass is 380 g/mol. The molecule has 2 heterocycles. The molecule has 0 unspecified atom stereocenters. The fraction of sp³-hybridized carbons (Fsp3) is 0.143. The first kappa shape index (κ1) is 17.4. The van der Waals surface area contributed by atoms with E-state index in [0.717, 1.165) is 21.5 Å². The summed E-state index contributed by atoms with van der Waals surface area (Å²) in [4.78, 5) is 30.7. The molecule has 1 aliphatic heterocycles.